The van der Waals surface area contributed by atoms with Crippen molar-refractivity contribution in [2.75, 3.05) is 0 Å². The van der Waals surface area contributed by atoms with Crippen molar-refractivity contribution >= 4 is 17.5 Å². The summed E-state index contributed by atoms with van der Waals surface area (Å²) in [5, 5.41) is 22.1. The third kappa shape index (κ3) is 4.22. The minimum absolute atomic E-state index is 0.108. The lowest BCUT2D eigenvalue weighted by Crippen LogP contribution is -2.74. The van der Waals surface area contributed by atoms with E-state index in [4.69, 9.17) is 21.6 Å². The molecule has 174 valence electrons. The Labute approximate surface area is 205 Å². The molecule has 3 aromatic rings. The summed E-state index contributed by atoms with van der Waals surface area (Å²) < 4.78 is 6.29. The largest absolute Gasteiger partial charge is 0.508 e. The average Bonchev–Trinajstić information content (AvgIpc) is 2.81. The van der Waals surface area contributed by atoms with E-state index in [1.54, 1.807) is 30.3 Å². The molecule has 6 heteroatoms. The summed E-state index contributed by atoms with van der Waals surface area (Å²) in [7, 11) is 0. The maximum atomic E-state index is 13.1. The number of aromatic hydroxyl groups is 1. The van der Waals surface area contributed by atoms with Crippen LogP contribution in [0.2, 0.25) is 5.02 Å². The van der Waals surface area contributed by atoms with Crippen LogP contribution in [0, 0.1) is 22.2 Å². The van der Waals surface area contributed by atoms with Gasteiger partial charge in [-0.25, -0.2) is 0 Å². The van der Waals surface area contributed by atoms with Crippen LogP contribution < -0.4 is 10.1 Å². The fraction of sp³-hybridized carbons (Fsp3) is 0.286. The number of amides is 1. The van der Waals surface area contributed by atoms with Gasteiger partial charge < -0.3 is 15.2 Å². The number of nitriles is 1. The summed E-state index contributed by atoms with van der Waals surface area (Å²) >= 11 is 6.17. The Morgan fingerprint density at radius 2 is 1.53 bits per heavy atom. The highest BCUT2D eigenvalue weighted by atomic mass is 35.5. The Kier molecular flexibility index (Phi) is 6.05. The maximum absolute atomic E-state index is 13.1. The lowest BCUT2D eigenvalue weighted by Gasteiger charge is -2.63. The Morgan fingerprint density at radius 3 is 2.06 bits per heavy atom. The molecule has 1 fully saturated rings. The van der Waals surface area contributed by atoms with Crippen molar-refractivity contribution in [3.05, 3.63) is 82.9 Å². The lowest BCUT2D eigenvalue weighted by atomic mass is 9.49. The molecule has 0 saturated heterocycles. The van der Waals surface area contributed by atoms with Crippen LogP contribution in [-0.2, 0) is 0 Å². The summed E-state index contributed by atoms with van der Waals surface area (Å²) in [5.74, 6) is 0.683. The molecule has 0 spiro atoms. The van der Waals surface area contributed by atoms with Crippen LogP contribution in [0.15, 0.2) is 66.7 Å². The number of rotatable bonds is 5. The summed E-state index contributed by atoms with van der Waals surface area (Å²) in [5.41, 5.74) is 2.27. The van der Waals surface area contributed by atoms with E-state index in [0.29, 0.717) is 21.9 Å². The van der Waals surface area contributed by atoms with Gasteiger partial charge >= 0.3 is 0 Å². The van der Waals surface area contributed by atoms with Gasteiger partial charge in [-0.2, -0.15) is 5.26 Å². The highest BCUT2D eigenvalue weighted by Gasteiger charge is 2.64. The summed E-state index contributed by atoms with van der Waals surface area (Å²) in [6, 6.07) is 21.4. The Balaban J connectivity index is 1.46. The van der Waals surface area contributed by atoms with Crippen molar-refractivity contribution in [3.8, 4) is 28.7 Å². The van der Waals surface area contributed by atoms with Crippen LogP contribution in [0.5, 0.6) is 11.5 Å². The number of ether oxygens (including phenoxy) is 1. The number of phenolic OH excluding ortho intramolecular Hbond substituents is 1. The van der Waals surface area contributed by atoms with Gasteiger partial charge in [0.2, 0.25) is 0 Å². The molecule has 0 aliphatic heterocycles. The molecule has 0 heterocycles. The standard InChI is InChI=1S/C28H27ClN2O3/c1-27(2)25(28(3,4)26(27)34-22-14-11-20(16-30)23(29)15-22)31-24(33)19-7-5-17(6-8-19)18-9-12-21(32)13-10-18/h5-15,25-26,32H,1-4H3,(H,31,33). The maximum Gasteiger partial charge on any atom is 0.251 e. The fourth-order valence-corrected chi connectivity index (χ4v) is 5.49. The van der Waals surface area contributed by atoms with E-state index in [2.05, 4.69) is 39.1 Å². The van der Waals surface area contributed by atoms with Gasteiger partial charge in [-0.05, 0) is 47.5 Å². The molecule has 1 amide bonds. The second-order valence-electron chi connectivity index (χ2n) is 9.92. The number of nitrogens with one attached hydrogen (secondary N) is 1. The zero-order valence-electron chi connectivity index (χ0n) is 19.6. The Hall–Kier alpha value is -3.49. The van der Waals surface area contributed by atoms with Crippen molar-refractivity contribution in [3.63, 3.8) is 0 Å². The molecular weight excluding hydrogens is 448 g/mol. The van der Waals surface area contributed by atoms with Gasteiger partial charge in [-0.3, -0.25) is 4.79 Å². The van der Waals surface area contributed by atoms with Crippen LogP contribution >= 0.6 is 11.6 Å². The van der Waals surface area contributed by atoms with Crippen molar-refractivity contribution in [1.29, 1.82) is 5.26 Å². The van der Waals surface area contributed by atoms with Crippen molar-refractivity contribution in [2.24, 2.45) is 10.8 Å². The summed E-state index contributed by atoms with van der Waals surface area (Å²) in [6.07, 6.45) is -0.161. The van der Waals surface area contributed by atoms with Gasteiger partial charge in [0, 0.05) is 28.5 Å². The van der Waals surface area contributed by atoms with Gasteiger partial charge in [-0.1, -0.05) is 63.6 Å². The molecule has 2 N–H and O–H groups in total. The van der Waals surface area contributed by atoms with Crippen LogP contribution in [-0.4, -0.2) is 23.2 Å². The molecule has 3 aromatic carbocycles. The van der Waals surface area contributed by atoms with E-state index < -0.39 is 0 Å². The number of hydrogen-bond donors (Lipinski definition) is 2. The topological polar surface area (TPSA) is 82.3 Å². The highest BCUT2D eigenvalue weighted by Crippen LogP contribution is 2.55. The van der Waals surface area contributed by atoms with Gasteiger partial charge in [0.05, 0.1) is 10.6 Å². The molecule has 0 bridgehead atoms. The number of halogens is 1. The van der Waals surface area contributed by atoms with Crippen molar-refractivity contribution < 1.29 is 14.6 Å². The molecule has 5 nitrogen and oxygen atoms in total. The molecule has 0 radical (unpaired) electrons. The van der Waals surface area contributed by atoms with E-state index >= 15 is 0 Å². The average molecular weight is 475 g/mol. The second kappa shape index (κ2) is 8.70. The molecule has 0 atom stereocenters. The fourth-order valence-electron chi connectivity index (χ4n) is 5.28. The van der Waals surface area contributed by atoms with Crippen LogP contribution in [0.1, 0.15) is 43.6 Å². The zero-order chi connectivity index (χ0) is 24.7. The van der Waals surface area contributed by atoms with Gasteiger partial charge in [-0.15, -0.1) is 0 Å². The number of carbonyl (C=O) groups excluding carboxylic acids is 1. The van der Waals surface area contributed by atoms with Gasteiger partial charge in [0.1, 0.15) is 23.7 Å². The molecule has 4 rings (SSSR count). The van der Waals surface area contributed by atoms with E-state index in [-0.39, 0.29) is 34.6 Å². The predicted octanol–water partition coefficient (Wildman–Crippen LogP) is 6.20. The third-order valence-corrected chi connectivity index (χ3v) is 7.09. The molecule has 34 heavy (non-hydrogen) atoms. The number of benzene rings is 3. The summed E-state index contributed by atoms with van der Waals surface area (Å²) in [6.45, 7) is 8.31. The molecular formula is C28H27ClN2O3. The minimum Gasteiger partial charge on any atom is -0.508 e. The number of nitrogens with zero attached hydrogens (tertiary/aromatic N) is 1. The van der Waals surface area contributed by atoms with E-state index in [0.717, 1.165) is 11.1 Å². The van der Waals surface area contributed by atoms with E-state index in [1.807, 2.05) is 36.4 Å². The number of hydrogen-bond acceptors (Lipinski definition) is 4. The minimum atomic E-state index is -0.328. The van der Waals surface area contributed by atoms with Gasteiger partial charge in [0.15, 0.2) is 0 Å². The smallest absolute Gasteiger partial charge is 0.251 e. The van der Waals surface area contributed by atoms with Crippen LogP contribution in [0.3, 0.4) is 0 Å². The molecule has 0 aromatic heterocycles. The van der Waals surface area contributed by atoms with Crippen molar-refractivity contribution in [1.82, 2.24) is 5.32 Å². The second-order valence-corrected chi connectivity index (χ2v) is 10.3. The first-order chi connectivity index (χ1) is 16.0. The van der Waals surface area contributed by atoms with E-state index in [1.165, 1.54) is 0 Å². The number of carbonyl (C=O) groups is 1. The summed E-state index contributed by atoms with van der Waals surface area (Å²) in [4.78, 5) is 13.1. The Bertz CT molecular complexity index is 1240. The zero-order valence-corrected chi connectivity index (χ0v) is 20.4. The first kappa shape index (κ1) is 23.7. The number of phenols is 1. The molecule has 0 unspecified atom stereocenters. The molecule has 1 saturated carbocycles. The van der Waals surface area contributed by atoms with Crippen molar-refractivity contribution in [2.45, 2.75) is 39.8 Å². The van der Waals surface area contributed by atoms with E-state index in [9.17, 15) is 9.90 Å². The Morgan fingerprint density at radius 1 is 0.971 bits per heavy atom. The molecule has 1 aliphatic rings. The lowest BCUT2D eigenvalue weighted by molar-refractivity contribution is -0.164. The quantitative estimate of drug-likeness (QED) is 0.461. The third-order valence-electron chi connectivity index (χ3n) is 6.78. The first-order valence-electron chi connectivity index (χ1n) is 11.1. The van der Waals surface area contributed by atoms with Crippen LogP contribution in [0.25, 0.3) is 11.1 Å². The monoisotopic (exact) mass is 474 g/mol. The highest BCUT2D eigenvalue weighted by molar-refractivity contribution is 6.31. The van der Waals surface area contributed by atoms with Crippen LogP contribution in [0.4, 0.5) is 0 Å². The molecule has 1 aliphatic carbocycles. The normalized spacial score (nSPS) is 20.0. The predicted molar refractivity (Wildman–Crippen MR) is 133 cm³/mol. The van der Waals surface area contributed by atoms with Gasteiger partial charge in [0.25, 0.3) is 5.91 Å². The first-order valence-corrected chi connectivity index (χ1v) is 11.5. The SMILES string of the molecule is CC1(C)C(NC(=O)c2ccc(-c3ccc(O)cc3)cc2)C(C)(C)C1Oc1ccc(C#N)c(Cl)c1.